The number of aromatic nitrogens is 4. The van der Waals surface area contributed by atoms with Gasteiger partial charge in [-0.05, 0) is 13.3 Å². The Balaban J connectivity index is 2.32. The van der Waals surface area contributed by atoms with Gasteiger partial charge in [-0.3, -0.25) is 9.25 Å². The molecule has 104 valence electrons. The first-order chi connectivity index (χ1) is 9.15. The Hall–Kier alpha value is -1.82. The molecule has 0 unspecified atom stereocenters. The highest BCUT2D eigenvalue weighted by atomic mass is 16.5. The first-order valence-electron chi connectivity index (χ1n) is 6.47. The van der Waals surface area contributed by atoms with Crippen LogP contribution in [-0.4, -0.2) is 39.6 Å². The normalized spacial score (nSPS) is 10.9. The molecule has 0 saturated carbocycles. The molecule has 2 heterocycles. The summed E-state index contributed by atoms with van der Waals surface area (Å²) in [5.41, 5.74) is 3.12. The first kappa shape index (κ1) is 13.6. The third-order valence-electron chi connectivity index (χ3n) is 2.89. The fourth-order valence-corrected chi connectivity index (χ4v) is 2.05. The summed E-state index contributed by atoms with van der Waals surface area (Å²) in [6.07, 6.45) is 4.93. The van der Waals surface area contributed by atoms with E-state index in [-0.39, 0.29) is 0 Å². The van der Waals surface area contributed by atoms with Crippen molar-refractivity contribution in [3.63, 3.8) is 0 Å². The average Bonchev–Trinajstić information content (AvgIpc) is 2.92. The van der Waals surface area contributed by atoms with E-state index in [2.05, 4.69) is 26.9 Å². The lowest BCUT2D eigenvalue weighted by Crippen LogP contribution is -2.12. The van der Waals surface area contributed by atoms with Gasteiger partial charge in [-0.25, -0.2) is 4.98 Å². The van der Waals surface area contributed by atoms with Gasteiger partial charge < -0.3 is 10.1 Å². The lowest BCUT2D eigenvalue weighted by atomic mass is 10.3. The Morgan fingerprint density at radius 2 is 2.16 bits per heavy atom. The zero-order valence-corrected chi connectivity index (χ0v) is 12.0. The zero-order valence-electron chi connectivity index (χ0n) is 12.0. The highest BCUT2D eigenvalue weighted by molar-refractivity contribution is 5.45. The first-order valence-corrected chi connectivity index (χ1v) is 6.47. The fraction of sp³-hybridized carbons (Fsp3) is 0.538. The van der Waals surface area contributed by atoms with Crippen LogP contribution in [0.3, 0.4) is 0 Å². The zero-order chi connectivity index (χ0) is 13.8. The predicted octanol–water partition coefficient (Wildman–Crippen LogP) is 1.53. The molecule has 0 aromatic carbocycles. The second-order valence-corrected chi connectivity index (χ2v) is 4.48. The van der Waals surface area contributed by atoms with Crippen LogP contribution in [-0.2, 0) is 18.2 Å². The van der Waals surface area contributed by atoms with Crippen LogP contribution in [0.15, 0.2) is 12.4 Å². The fourth-order valence-electron chi connectivity index (χ4n) is 2.05. The molecule has 6 heteroatoms. The molecule has 0 aliphatic heterocycles. The van der Waals surface area contributed by atoms with Crippen molar-refractivity contribution in [2.45, 2.75) is 20.3 Å². The standard InChI is InChI=1S/C13H21N5O/c1-5-11-12(9-17(3)16-11)18-8-10(2)15-13(18)14-6-7-19-4/h8-9H,5-7H2,1-4H3,(H,14,15). The lowest BCUT2D eigenvalue weighted by Gasteiger charge is -2.08. The molecule has 0 atom stereocenters. The third-order valence-corrected chi connectivity index (χ3v) is 2.89. The van der Waals surface area contributed by atoms with Crippen LogP contribution in [0, 0.1) is 6.92 Å². The van der Waals surface area contributed by atoms with E-state index in [1.807, 2.05) is 31.0 Å². The van der Waals surface area contributed by atoms with E-state index in [4.69, 9.17) is 4.74 Å². The lowest BCUT2D eigenvalue weighted by molar-refractivity contribution is 0.210. The Morgan fingerprint density at radius 1 is 1.37 bits per heavy atom. The van der Waals surface area contributed by atoms with E-state index in [0.29, 0.717) is 6.61 Å². The summed E-state index contributed by atoms with van der Waals surface area (Å²) in [4.78, 5) is 4.50. The van der Waals surface area contributed by atoms with Crippen molar-refractivity contribution in [3.05, 3.63) is 23.8 Å². The summed E-state index contributed by atoms with van der Waals surface area (Å²) in [7, 11) is 3.63. The van der Waals surface area contributed by atoms with Crippen LogP contribution in [0.1, 0.15) is 18.3 Å². The van der Waals surface area contributed by atoms with E-state index in [9.17, 15) is 0 Å². The van der Waals surface area contributed by atoms with Gasteiger partial charge in [0.1, 0.15) is 0 Å². The van der Waals surface area contributed by atoms with Crippen LogP contribution >= 0.6 is 0 Å². The number of nitrogens with one attached hydrogen (secondary N) is 1. The van der Waals surface area contributed by atoms with E-state index in [0.717, 1.165) is 36.0 Å². The molecule has 0 aliphatic rings. The summed E-state index contributed by atoms with van der Waals surface area (Å²) >= 11 is 0. The van der Waals surface area contributed by atoms with Crippen LogP contribution < -0.4 is 5.32 Å². The minimum atomic E-state index is 0.652. The van der Waals surface area contributed by atoms with Gasteiger partial charge in [-0.2, -0.15) is 5.10 Å². The SMILES string of the molecule is CCc1nn(C)cc1-n1cc(C)nc1NCCOC. The number of nitrogens with zero attached hydrogens (tertiary/aromatic N) is 4. The van der Waals surface area contributed by atoms with Crippen molar-refractivity contribution in [2.24, 2.45) is 7.05 Å². The summed E-state index contributed by atoms with van der Waals surface area (Å²) in [6, 6.07) is 0. The minimum absolute atomic E-state index is 0.652. The molecule has 0 spiro atoms. The smallest absolute Gasteiger partial charge is 0.207 e. The molecule has 0 aliphatic carbocycles. The second-order valence-electron chi connectivity index (χ2n) is 4.48. The van der Waals surface area contributed by atoms with Crippen molar-refractivity contribution in [1.29, 1.82) is 0 Å². The number of methoxy groups -OCH3 is 1. The van der Waals surface area contributed by atoms with Gasteiger partial charge in [-0.15, -0.1) is 0 Å². The maximum Gasteiger partial charge on any atom is 0.207 e. The molecule has 19 heavy (non-hydrogen) atoms. The Bertz CT molecular complexity index is 543. The molecule has 0 saturated heterocycles. The van der Waals surface area contributed by atoms with Crippen LogP contribution in [0.5, 0.6) is 0 Å². The minimum Gasteiger partial charge on any atom is -0.383 e. The molecule has 6 nitrogen and oxygen atoms in total. The molecular formula is C13H21N5O. The highest BCUT2D eigenvalue weighted by Crippen LogP contribution is 2.19. The number of hydrogen-bond acceptors (Lipinski definition) is 4. The molecule has 0 fully saturated rings. The number of imidazole rings is 1. The maximum absolute atomic E-state index is 5.05. The molecule has 2 aromatic heterocycles. The van der Waals surface area contributed by atoms with Gasteiger partial charge in [0.15, 0.2) is 0 Å². The molecule has 0 bridgehead atoms. The van der Waals surface area contributed by atoms with Crippen molar-refractivity contribution < 1.29 is 4.74 Å². The van der Waals surface area contributed by atoms with Crippen LogP contribution in [0.2, 0.25) is 0 Å². The molecule has 1 N–H and O–H groups in total. The van der Waals surface area contributed by atoms with Gasteiger partial charge in [0, 0.05) is 33.1 Å². The number of hydrogen-bond donors (Lipinski definition) is 1. The third kappa shape index (κ3) is 2.96. The topological polar surface area (TPSA) is 56.9 Å². The number of rotatable bonds is 6. The number of ether oxygens (including phenoxy) is 1. The van der Waals surface area contributed by atoms with Crippen molar-refractivity contribution in [1.82, 2.24) is 19.3 Å². The quantitative estimate of drug-likeness (QED) is 0.803. The van der Waals surface area contributed by atoms with E-state index in [1.54, 1.807) is 7.11 Å². The Labute approximate surface area is 113 Å². The maximum atomic E-state index is 5.05. The highest BCUT2D eigenvalue weighted by Gasteiger charge is 2.13. The van der Waals surface area contributed by atoms with E-state index < -0.39 is 0 Å². The van der Waals surface area contributed by atoms with Crippen LogP contribution in [0.25, 0.3) is 5.69 Å². The summed E-state index contributed by atoms with van der Waals surface area (Å²) in [5, 5.41) is 7.75. The van der Waals surface area contributed by atoms with Crippen molar-refractivity contribution in [3.8, 4) is 5.69 Å². The summed E-state index contributed by atoms with van der Waals surface area (Å²) in [5.74, 6) is 0.831. The summed E-state index contributed by atoms with van der Waals surface area (Å²) < 4.78 is 8.94. The van der Waals surface area contributed by atoms with Gasteiger partial charge in [0.25, 0.3) is 0 Å². The van der Waals surface area contributed by atoms with Gasteiger partial charge in [0.2, 0.25) is 5.95 Å². The molecular weight excluding hydrogens is 242 g/mol. The second kappa shape index (κ2) is 5.88. The summed E-state index contributed by atoms with van der Waals surface area (Å²) in [6.45, 7) is 5.47. The Kier molecular flexibility index (Phi) is 4.21. The molecule has 2 rings (SSSR count). The average molecular weight is 263 g/mol. The van der Waals surface area contributed by atoms with Gasteiger partial charge in [-0.1, -0.05) is 6.92 Å². The van der Waals surface area contributed by atoms with E-state index >= 15 is 0 Å². The van der Waals surface area contributed by atoms with Gasteiger partial charge in [0.05, 0.1) is 23.7 Å². The van der Waals surface area contributed by atoms with Crippen molar-refractivity contribution >= 4 is 5.95 Å². The number of anilines is 1. The molecule has 2 aromatic rings. The molecule has 0 radical (unpaired) electrons. The molecule has 0 amide bonds. The predicted molar refractivity (Wildman–Crippen MR) is 74.8 cm³/mol. The largest absolute Gasteiger partial charge is 0.383 e. The monoisotopic (exact) mass is 263 g/mol. The van der Waals surface area contributed by atoms with Crippen LogP contribution in [0.4, 0.5) is 5.95 Å². The Morgan fingerprint density at radius 3 is 2.84 bits per heavy atom. The van der Waals surface area contributed by atoms with E-state index in [1.165, 1.54) is 0 Å². The van der Waals surface area contributed by atoms with Gasteiger partial charge >= 0.3 is 0 Å². The number of aryl methyl sites for hydroxylation is 3. The van der Waals surface area contributed by atoms with Crippen molar-refractivity contribution in [2.75, 3.05) is 25.6 Å².